The number of ketones is 1. The molecule has 1 unspecified atom stereocenters. The summed E-state index contributed by atoms with van der Waals surface area (Å²) < 4.78 is 5.41. The van der Waals surface area contributed by atoms with Gasteiger partial charge < -0.3 is 15.0 Å². The smallest absolute Gasteiger partial charge is 0.268 e. The lowest BCUT2D eigenvalue weighted by Crippen LogP contribution is -2.51. The maximum atomic E-state index is 12.6. The number of aromatic amines is 1. The molecule has 0 aromatic carbocycles. The van der Waals surface area contributed by atoms with Gasteiger partial charge in [0.2, 0.25) is 0 Å². The first-order valence-electron chi connectivity index (χ1n) is 8.63. The standard InChI is InChI=1S/C18H29N3O3/c1-11(2)15(21-6-8-24-9-7-21)10-19-18(23)17-12(3)16(14(5)22)13(4)20-17/h11,15,20H,6-10H2,1-5H3,(H,19,23). The van der Waals surface area contributed by atoms with Gasteiger partial charge in [0.1, 0.15) is 5.69 Å². The van der Waals surface area contributed by atoms with Crippen LogP contribution in [0.25, 0.3) is 0 Å². The summed E-state index contributed by atoms with van der Waals surface area (Å²) in [6.07, 6.45) is 0. The number of carbonyl (C=O) groups excluding carboxylic acids is 2. The third kappa shape index (κ3) is 4.05. The fraction of sp³-hybridized carbons (Fsp3) is 0.667. The summed E-state index contributed by atoms with van der Waals surface area (Å²) in [4.78, 5) is 29.7. The van der Waals surface area contributed by atoms with Crippen LogP contribution < -0.4 is 5.32 Å². The highest BCUT2D eigenvalue weighted by Gasteiger charge is 2.25. The van der Waals surface area contributed by atoms with Crippen molar-refractivity contribution in [3.63, 3.8) is 0 Å². The van der Waals surface area contributed by atoms with E-state index in [9.17, 15) is 9.59 Å². The van der Waals surface area contributed by atoms with Crippen LogP contribution in [0.3, 0.4) is 0 Å². The van der Waals surface area contributed by atoms with Gasteiger partial charge in [-0.2, -0.15) is 0 Å². The molecule has 1 amide bonds. The van der Waals surface area contributed by atoms with Crippen molar-refractivity contribution in [3.8, 4) is 0 Å². The van der Waals surface area contributed by atoms with Crippen molar-refractivity contribution in [2.75, 3.05) is 32.8 Å². The monoisotopic (exact) mass is 335 g/mol. The van der Waals surface area contributed by atoms with Crippen LogP contribution in [-0.4, -0.2) is 60.5 Å². The van der Waals surface area contributed by atoms with Gasteiger partial charge in [0, 0.05) is 36.9 Å². The largest absolute Gasteiger partial charge is 0.379 e. The lowest BCUT2D eigenvalue weighted by molar-refractivity contribution is 0.00671. The highest BCUT2D eigenvalue weighted by molar-refractivity contribution is 6.02. The van der Waals surface area contributed by atoms with E-state index in [1.165, 1.54) is 6.92 Å². The molecule has 0 spiro atoms. The molecule has 2 heterocycles. The molecule has 2 rings (SSSR count). The zero-order chi connectivity index (χ0) is 17.9. The number of hydrogen-bond acceptors (Lipinski definition) is 4. The molecule has 6 nitrogen and oxygen atoms in total. The molecule has 24 heavy (non-hydrogen) atoms. The molecule has 134 valence electrons. The van der Waals surface area contributed by atoms with Crippen LogP contribution in [0.4, 0.5) is 0 Å². The van der Waals surface area contributed by atoms with E-state index >= 15 is 0 Å². The van der Waals surface area contributed by atoms with Gasteiger partial charge in [-0.1, -0.05) is 13.8 Å². The highest BCUT2D eigenvalue weighted by atomic mass is 16.5. The number of morpholine rings is 1. The molecule has 6 heteroatoms. The average Bonchev–Trinajstić information content (AvgIpc) is 2.83. The molecule has 1 fully saturated rings. The summed E-state index contributed by atoms with van der Waals surface area (Å²) in [5.74, 6) is 0.262. The van der Waals surface area contributed by atoms with Gasteiger partial charge in [-0.3, -0.25) is 14.5 Å². The Labute approximate surface area is 143 Å². The van der Waals surface area contributed by atoms with Crippen molar-refractivity contribution in [1.29, 1.82) is 0 Å². The normalized spacial score (nSPS) is 17.1. The molecular formula is C18H29N3O3. The van der Waals surface area contributed by atoms with Crippen LogP contribution in [0.2, 0.25) is 0 Å². The SMILES string of the molecule is CC(=O)c1c(C)[nH]c(C(=O)NCC(C(C)C)N2CCOCC2)c1C. The first kappa shape index (κ1) is 18.7. The minimum Gasteiger partial charge on any atom is -0.379 e. The molecule has 1 aliphatic rings. The number of ether oxygens (including phenoxy) is 1. The lowest BCUT2D eigenvalue weighted by atomic mass is 10.0. The van der Waals surface area contributed by atoms with Crippen LogP contribution >= 0.6 is 0 Å². The Hall–Kier alpha value is -1.66. The topological polar surface area (TPSA) is 74.4 Å². The number of aryl methyl sites for hydroxylation is 1. The predicted molar refractivity (Wildman–Crippen MR) is 93.6 cm³/mol. The van der Waals surface area contributed by atoms with E-state index in [0.717, 1.165) is 37.6 Å². The van der Waals surface area contributed by atoms with E-state index in [1.54, 1.807) is 0 Å². The number of H-pyrrole nitrogens is 1. The van der Waals surface area contributed by atoms with E-state index < -0.39 is 0 Å². The van der Waals surface area contributed by atoms with Crippen molar-refractivity contribution >= 4 is 11.7 Å². The van der Waals surface area contributed by atoms with Gasteiger partial charge in [-0.05, 0) is 32.3 Å². The molecule has 0 saturated carbocycles. The van der Waals surface area contributed by atoms with Gasteiger partial charge in [0.25, 0.3) is 5.91 Å². The molecule has 1 aromatic rings. The van der Waals surface area contributed by atoms with Crippen LogP contribution in [-0.2, 0) is 4.74 Å². The third-order valence-corrected chi connectivity index (χ3v) is 4.77. The Morgan fingerprint density at radius 3 is 2.38 bits per heavy atom. The van der Waals surface area contributed by atoms with E-state index in [1.807, 2.05) is 13.8 Å². The number of hydrogen-bond donors (Lipinski definition) is 2. The molecule has 1 aliphatic heterocycles. The Morgan fingerprint density at radius 1 is 1.25 bits per heavy atom. The van der Waals surface area contributed by atoms with E-state index in [0.29, 0.717) is 23.7 Å². The van der Waals surface area contributed by atoms with Crippen molar-refractivity contribution < 1.29 is 14.3 Å². The molecular weight excluding hydrogens is 306 g/mol. The van der Waals surface area contributed by atoms with Crippen molar-refractivity contribution in [1.82, 2.24) is 15.2 Å². The van der Waals surface area contributed by atoms with Gasteiger partial charge in [0.15, 0.2) is 5.78 Å². The first-order valence-corrected chi connectivity index (χ1v) is 8.63. The fourth-order valence-corrected chi connectivity index (χ4v) is 3.49. The first-order chi connectivity index (χ1) is 11.3. The van der Waals surface area contributed by atoms with Crippen molar-refractivity contribution in [3.05, 3.63) is 22.5 Å². The van der Waals surface area contributed by atoms with Gasteiger partial charge in [0.05, 0.1) is 13.2 Å². The van der Waals surface area contributed by atoms with Crippen molar-refractivity contribution in [2.45, 2.75) is 40.7 Å². The average molecular weight is 335 g/mol. The summed E-state index contributed by atoms with van der Waals surface area (Å²) >= 11 is 0. The summed E-state index contributed by atoms with van der Waals surface area (Å²) in [5, 5.41) is 3.03. The molecule has 1 aromatic heterocycles. The zero-order valence-electron chi connectivity index (χ0n) is 15.4. The van der Waals surface area contributed by atoms with E-state index in [4.69, 9.17) is 4.74 Å². The minimum absolute atomic E-state index is 0.0197. The van der Waals surface area contributed by atoms with Crippen LogP contribution in [0.5, 0.6) is 0 Å². The minimum atomic E-state index is -0.151. The fourth-order valence-electron chi connectivity index (χ4n) is 3.49. The Kier molecular flexibility index (Phi) is 6.18. The van der Waals surface area contributed by atoms with Crippen LogP contribution in [0.1, 0.15) is 52.9 Å². The Bertz CT molecular complexity index is 601. The lowest BCUT2D eigenvalue weighted by Gasteiger charge is -2.36. The van der Waals surface area contributed by atoms with Crippen LogP contribution in [0.15, 0.2) is 0 Å². The van der Waals surface area contributed by atoms with Gasteiger partial charge >= 0.3 is 0 Å². The number of Topliss-reactive ketones (excluding diaryl/α,β-unsaturated/α-hetero) is 1. The molecule has 0 aliphatic carbocycles. The molecule has 0 radical (unpaired) electrons. The van der Waals surface area contributed by atoms with Gasteiger partial charge in [-0.25, -0.2) is 0 Å². The summed E-state index contributed by atoms with van der Waals surface area (Å²) in [5.41, 5.74) is 2.58. The Morgan fingerprint density at radius 2 is 1.88 bits per heavy atom. The quantitative estimate of drug-likeness (QED) is 0.779. The number of aromatic nitrogens is 1. The molecule has 0 bridgehead atoms. The number of nitrogens with one attached hydrogen (secondary N) is 2. The maximum Gasteiger partial charge on any atom is 0.268 e. The number of rotatable bonds is 6. The third-order valence-electron chi connectivity index (χ3n) is 4.77. The maximum absolute atomic E-state index is 12.6. The highest BCUT2D eigenvalue weighted by Crippen LogP contribution is 2.19. The van der Waals surface area contributed by atoms with Gasteiger partial charge in [-0.15, -0.1) is 0 Å². The Balaban J connectivity index is 2.06. The number of amides is 1. The van der Waals surface area contributed by atoms with Crippen LogP contribution in [0, 0.1) is 19.8 Å². The summed E-state index contributed by atoms with van der Waals surface area (Å²) in [6.45, 7) is 13.4. The second-order valence-electron chi connectivity index (χ2n) is 6.85. The van der Waals surface area contributed by atoms with E-state index in [2.05, 4.69) is 29.0 Å². The molecule has 1 atom stereocenters. The molecule has 2 N–H and O–H groups in total. The number of carbonyl (C=O) groups is 2. The zero-order valence-corrected chi connectivity index (χ0v) is 15.4. The predicted octanol–water partition coefficient (Wildman–Crippen LogP) is 1.92. The second-order valence-corrected chi connectivity index (χ2v) is 6.85. The summed E-state index contributed by atoms with van der Waals surface area (Å²) in [7, 11) is 0. The molecule has 1 saturated heterocycles. The number of nitrogens with zero attached hydrogens (tertiary/aromatic N) is 1. The van der Waals surface area contributed by atoms with E-state index in [-0.39, 0.29) is 17.7 Å². The van der Waals surface area contributed by atoms with Crippen molar-refractivity contribution in [2.24, 2.45) is 5.92 Å². The second kappa shape index (κ2) is 7.94. The summed E-state index contributed by atoms with van der Waals surface area (Å²) in [6, 6.07) is 0.279.